The van der Waals surface area contributed by atoms with Gasteiger partial charge < -0.3 is 15.2 Å². The fourth-order valence-corrected chi connectivity index (χ4v) is 0.959. The summed E-state index contributed by atoms with van der Waals surface area (Å²) < 4.78 is 9.75. The minimum atomic E-state index is -0.283. The van der Waals surface area contributed by atoms with Crippen molar-refractivity contribution >= 4 is 24.1 Å². The highest BCUT2D eigenvalue weighted by Crippen LogP contribution is 2.14. The number of anilines is 1. The van der Waals surface area contributed by atoms with E-state index in [1.54, 1.807) is 24.3 Å². The molecule has 4 nitrogen and oxygen atoms in total. The van der Waals surface area contributed by atoms with E-state index in [2.05, 4.69) is 4.74 Å². The van der Waals surface area contributed by atoms with Crippen LogP contribution in [0, 0.1) is 0 Å². The third-order valence-corrected chi connectivity index (χ3v) is 1.66. The minimum absolute atomic E-state index is 0. The monoisotopic (exact) mass is 231 g/mol. The molecule has 0 atom stereocenters. The van der Waals surface area contributed by atoms with Gasteiger partial charge in [-0.15, -0.1) is 12.4 Å². The smallest absolute Gasteiger partial charge is 0.308 e. The topological polar surface area (TPSA) is 61.5 Å². The molecular weight excluding hydrogens is 218 g/mol. The molecule has 84 valence electrons. The van der Waals surface area contributed by atoms with E-state index in [4.69, 9.17) is 10.5 Å². The molecule has 0 bridgehead atoms. The average Bonchev–Trinajstić information content (AvgIpc) is 2.17. The van der Waals surface area contributed by atoms with Crippen LogP contribution in [0.3, 0.4) is 0 Å². The Bertz CT molecular complexity index is 317. The highest BCUT2D eigenvalue weighted by Gasteiger charge is 2.00. The number of hydrogen-bond acceptors (Lipinski definition) is 4. The zero-order valence-electron chi connectivity index (χ0n) is 8.43. The van der Waals surface area contributed by atoms with Crippen molar-refractivity contribution in [3.8, 4) is 5.75 Å². The van der Waals surface area contributed by atoms with Gasteiger partial charge in [-0.1, -0.05) is 6.07 Å². The normalized spacial score (nSPS) is 8.87. The number of rotatable bonds is 4. The molecule has 0 saturated heterocycles. The first kappa shape index (κ1) is 13.6. The van der Waals surface area contributed by atoms with Crippen LogP contribution in [0.25, 0.3) is 0 Å². The summed E-state index contributed by atoms with van der Waals surface area (Å²) in [5.41, 5.74) is 6.18. The molecule has 1 aromatic rings. The van der Waals surface area contributed by atoms with Gasteiger partial charge in [-0.3, -0.25) is 4.79 Å². The number of esters is 1. The summed E-state index contributed by atoms with van der Waals surface area (Å²) >= 11 is 0. The van der Waals surface area contributed by atoms with Crippen molar-refractivity contribution in [3.63, 3.8) is 0 Å². The maximum absolute atomic E-state index is 10.7. The minimum Gasteiger partial charge on any atom is -0.493 e. The van der Waals surface area contributed by atoms with E-state index in [0.717, 1.165) is 0 Å². The lowest BCUT2D eigenvalue weighted by atomic mass is 10.3. The predicted molar refractivity (Wildman–Crippen MR) is 60.2 cm³/mol. The molecule has 0 radical (unpaired) electrons. The second kappa shape index (κ2) is 6.95. The highest BCUT2D eigenvalue weighted by atomic mass is 35.5. The standard InChI is InChI=1S/C10H13NO3.ClH/c1-13-10(12)5-6-14-9-4-2-3-8(11)7-9;/h2-4,7H,5-6,11H2,1H3;1H. The summed E-state index contributed by atoms with van der Waals surface area (Å²) in [5.74, 6) is 0.378. The average molecular weight is 232 g/mol. The Hall–Kier alpha value is -1.42. The third-order valence-electron chi connectivity index (χ3n) is 1.66. The molecule has 1 rings (SSSR count). The molecule has 5 heteroatoms. The van der Waals surface area contributed by atoms with Gasteiger partial charge in [0.15, 0.2) is 0 Å². The summed E-state index contributed by atoms with van der Waals surface area (Å²) in [5, 5.41) is 0. The van der Waals surface area contributed by atoms with E-state index < -0.39 is 0 Å². The largest absolute Gasteiger partial charge is 0.493 e. The Morgan fingerprint density at radius 2 is 2.20 bits per heavy atom. The van der Waals surface area contributed by atoms with E-state index in [9.17, 15) is 4.79 Å². The van der Waals surface area contributed by atoms with Gasteiger partial charge in [0.1, 0.15) is 5.75 Å². The first-order valence-corrected chi connectivity index (χ1v) is 4.27. The van der Waals surface area contributed by atoms with Gasteiger partial charge >= 0.3 is 5.97 Å². The zero-order valence-corrected chi connectivity index (χ0v) is 9.25. The molecule has 0 aliphatic carbocycles. The number of hydrogen-bond donors (Lipinski definition) is 1. The number of carbonyl (C=O) groups excluding carboxylic acids is 1. The van der Waals surface area contributed by atoms with Gasteiger partial charge in [0, 0.05) is 11.8 Å². The van der Waals surface area contributed by atoms with Crippen LogP contribution in [0.5, 0.6) is 5.75 Å². The van der Waals surface area contributed by atoms with Crippen LogP contribution in [0.1, 0.15) is 6.42 Å². The van der Waals surface area contributed by atoms with E-state index in [1.807, 2.05) is 0 Å². The van der Waals surface area contributed by atoms with E-state index in [1.165, 1.54) is 7.11 Å². The van der Waals surface area contributed by atoms with Crippen LogP contribution in [-0.4, -0.2) is 19.7 Å². The molecule has 0 amide bonds. The molecule has 2 N–H and O–H groups in total. The van der Waals surface area contributed by atoms with Crippen LogP contribution in [0.4, 0.5) is 5.69 Å². The first-order valence-electron chi connectivity index (χ1n) is 4.27. The Kier molecular flexibility index (Phi) is 6.29. The number of benzene rings is 1. The van der Waals surface area contributed by atoms with Crippen molar-refractivity contribution in [2.75, 3.05) is 19.5 Å². The zero-order chi connectivity index (χ0) is 10.4. The van der Waals surface area contributed by atoms with Gasteiger partial charge in [-0.25, -0.2) is 0 Å². The molecular formula is C10H14ClNO3. The number of halogens is 1. The van der Waals surface area contributed by atoms with Crippen molar-refractivity contribution in [1.29, 1.82) is 0 Å². The van der Waals surface area contributed by atoms with Crippen LogP contribution < -0.4 is 10.5 Å². The lowest BCUT2D eigenvalue weighted by molar-refractivity contribution is -0.141. The van der Waals surface area contributed by atoms with Gasteiger partial charge in [-0.05, 0) is 12.1 Å². The molecule has 0 aliphatic rings. The molecule has 15 heavy (non-hydrogen) atoms. The van der Waals surface area contributed by atoms with E-state index in [0.29, 0.717) is 18.0 Å². The third kappa shape index (κ3) is 5.12. The van der Waals surface area contributed by atoms with E-state index in [-0.39, 0.29) is 24.8 Å². The molecule has 0 fully saturated rings. The Labute approximate surface area is 94.8 Å². The fourth-order valence-electron chi connectivity index (χ4n) is 0.959. The maximum atomic E-state index is 10.7. The summed E-state index contributed by atoms with van der Waals surface area (Å²) in [6.07, 6.45) is 0.241. The second-order valence-corrected chi connectivity index (χ2v) is 2.75. The summed E-state index contributed by atoms with van der Waals surface area (Å²) in [4.78, 5) is 10.7. The van der Waals surface area contributed by atoms with Crippen LogP contribution in [-0.2, 0) is 9.53 Å². The molecule has 0 aliphatic heterocycles. The second-order valence-electron chi connectivity index (χ2n) is 2.75. The molecule has 0 heterocycles. The first-order chi connectivity index (χ1) is 6.72. The summed E-state index contributed by atoms with van der Waals surface area (Å²) in [6, 6.07) is 7.06. The predicted octanol–water partition coefficient (Wildman–Crippen LogP) is 1.63. The SMILES string of the molecule is COC(=O)CCOc1cccc(N)c1.Cl. The number of ether oxygens (including phenoxy) is 2. The number of methoxy groups -OCH3 is 1. The number of carbonyl (C=O) groups is 1. The Balaban J connectivity index is 0.00000196. The highest BCUT2D eigenvalue weighted by molar-refractivity contribution is 5.85. The molecule has 0 saturated carbocycles. The van der Waals surface area contributed by atoms with Crippen molar-refractivity contribution < 1.29 is 14.3 Å². The van der Waals surface area contributed by atoms with Crippen molar-refractivity contribution in [1.82, 2.24) is 0 Å². The van der Waals surface area contributed by atoms with Crippen molar-refractivity contribution in [2.45, 2.75) is 6.42 Å². The van der Waals surface area contributed by atoms with E-state index >= 15 is 0 Å². The number of nitrogens with two attached hydrogens (primary N) is 1. The summed E-state index contributed by atoms with van der Waals surface area (Å²) in [6.45, 7) is 0.302. The van der Waals surface area contributed by atoms with Gasteiger partial charge in [0.2, 0.25) is 0 Å². The van der Waals surface area contributed by atoms with Crippen LogP contribution in [0.2, 0.25) is 0 Å². The summed E-state index contributed by atoms with van der Waals surface area (Å²) in [7, 11) is 1.35. The Morgan fingerprint density at radius 3 is 2.80 bits per heavy atom. The molecule has 0 aromatic heterocycles. The molecule has 0 spiro atoms. The fraction of sp³-hybridized carbons (Fsp3) is 0.300. The maximum Gasteiger partial charge on any atom is 0.308 e. The van der Waals surface area contributed by atoms with Crippen LogP contribution in [0.15, 0.2) is 24.3 Å². The van der Waals surface area contributed by atoms with Gasteiger partial charge in [0.25, 0.3) is 0 Å². The van der Waals surface area contributed by atoms with Crippen molar-refractivity contribution in [3.05, 3.63) is 24.3 Å². The molecule has 0 unspecified atom stereocenters. The van der Waals surface area contributed by atoms with Gasteiger partial charge in [0.05, 0.1) is 20.1 Å². The quantitative estimate of drug-likeness (QED) is 0.632. The Morgan fingerprint density at radius 1 is 1.47 bits per heavy atom. The van der Waals surface area contributed by atoms with Gasteiger partial charge in [-0.2, -0.15) is 0 Å². The number of nitrogen functional groups attached to an aromatic ring is 1. The van der Waals surface area contributed by atoms with Crippen LogP contribution >= 0.6 is 12.4 Å². The van der Waals surface area contributed by atoms with Crippen molar-refractivity contribution in [2.24, 2.45) is 0 Å². The molecule has 1 aromatic carbocycles. The lowest BCUT2D eigenvalue weighted by Gasteiger charge is -2.05. The lowest BCUT2D eigenvalue weighted by Crippen LogP contribution is -2.07.